The van der Waals surface area contributed by atoms with E-state index in [4.69, 9.17) is 10.2 Å². The van der Waals surface area contributed by atoms with Crippen molar-refractivity contribution in [2.45, 2.75) is 244 Å². The summed E-state index contributed by atoms with van der Waals surface area (Å²) < 4.78 is 0. The van der Waals surface area contributed by atoms with Gasteiger partial charge in [-0.3, -0.25) is 9.59 Å². The molecule has 0 aliphatic rings. The third-order valence-electron chi connectivity index (χ3n) is 12.2. The van der Waals surface area contributed by atoms with Crippen LogP contribution in [0.2, 0.25) is 0 Å². The molecule has 1 aromatic carbocycles. The Bertz CT molecular complexity index is 1270. The summed E-state index contributed by atoms with van der Waals surface area (Å²) >= 11 is 3.92. The Kier molecular flexibility index (Phi) is 39.9. The molecule has 0 amide bonds. The van der Waals surface area contributed by atoms with E-state index >= 15 is 0 Å². The van der Waals surface area contributed by atoms with Crippen molar-refractivity contribution in [2.24, 2.45) is 0 Å². The molecule has 358 valence electrons. The summed E-state index contributed by atoms with van der Waals surface area (Å²) in [6.07, 6.45) is 44.0. The molecule has 0 aliphatic heterocycles. The van der Waals surface area contributed by atoms with Gasteiger partial charge in [0.1, 0.15) is 0 Å². The second-order valence-electron chi connectivity index (χ2n) is 17.8. The Morgan fingerprint density at radius 2 is 0.629 bits per heavy atom. The molecule has 0 aromatic heterocycles. The van der Waals surface area contributed by atoms with Gasteiger partial charge < -0.3 is 20.4 Å². The average Bonchev–Trinajstić information content (AvgIpc) is 3.24. The average molecular weight is 907 g/mol. The summed E-state index contributed by atoms with van der Waals surface area (Å²) in [6, 6.07) is 3.35. The summed E-state index contributed by atoms with van der Waals surface area (Å²) in [5, 5.41) is 37.2. The standard InChI is InChI=1S/C52H90O8S2/c53-48(54)37-29-25-21-17-13-9-5-1-3-7-11-15-19-23-27-31-41-61-43-33-35-45-39-40-47(51(57)58)50(52(59)60)46(45)36-34-44-62-42-32-28-24-20-16-12-8-4-2-6-10-14-18-22-26-30-38-49(55)56/h39-40H,1-38,41-44H2,(H,53,54)(H,55,56)(H,57,58)(H,59,60). The first-order chi connectivity index (χ1) is 30.2. The summed E-state index contributed by atoms with van der Waals surface area (Å²) in [7, 11) is 0. The van der Waals surface area contributed by atoms with Crippen LogP contribution in [0.15, 0.2) is 12.1 Å². The normalized spacial score (nSPS) is 11.4. The van der Waals surface area contributed by atoms with Crippen LogP contribution in [0.25, 0.3) is 0 Å². The number of aryl methyl sites for hydroxylation is 1. The van der Waals surface area contributed by atoms with Crippen LogP contribution in [-0.4, -0.2) is 67.3 Å². The van der Waals surface area contributed by atoms with E-state index in [0.717, 1.165) is 79.1 Å². The Labute approximate surface area is 386 Å². The third kappa shape index (κ3) is 35.2. The summed E-state index contributed by atoms with van der Waals surface area (Å²) in [6.45, 7) is 0. The van der Waals surface area contributed by atoms with Crippen molar-refractivity contribution in [3.63, 3.8) is 0 Å². The van der Waals surface area contributed by atoms with Crippen LogP contribution in [0.4, 0.5) is 0 Å². The lowest BCUT2D eigenvalue weighted by molar-refractivity contribution is -0.138. The molecule has 10 heteroatoms. The van der Waals surface area contributed by atoms with Gasteiger partial charge >= 0.3 is 23.9 Å². The van der Waals surface area contributed by atoms with E-state index < -0.39 is 23.9 Å². The molecule has 0 unspecified atom stereocenters. The van der Waals surface area contributed by atoms with E-state index in [9.17, 15) is 29.4 Å². The number of aliphatic carboxylic acids is 2. The second-order valence-corrected chi connectivity index (χ2v) is 20.2. The SMILES string of the molecule is O=C(O)CCCCCCCCCCCCCCCCCCSCCCc1ccc(C(=O)O)c(C(=O)O)c1CCCSCCCCCCCCCCCCCCCCCCC(=O)O. The molecule has 0 aliphatic carbocycles. The number of benzene rings is 1. The predicted octanol–water partition coefficient (Wildman–Crippen LogP) is 15.8. The highest BCUT2D eigenvalue weighted by Crippen LogP contribution is 2.25. The molecule has 0 atom stereocenters. The lowest BCUT2D eigenvalue weighted by Gasteiger charge is -2.15. The van der Waals surface area contributed by atoms with Gasteiger partial charge in [-0.25, -0.2) is 9.59 Å². The number of unbranched alkanes of at least 4 members (excludes halogenated alkanes) is 30. The van der Waals surface area contributed by atoms with Gasteiger partial charge in [-0.2, -0.15) is 23.5 Å². The molecule has 0 saturated heterocycles. The molecular weight excluding hydrogens is 817 g/mol. The van der Waals surface area contributed by atoms with Crippen molar-refractivity contribution >= 4 is 47.4 Å². The molecule has 0 radical (unpaired) electrons. The smallest absolute Gasteiger partial charge is 0.336 e. The molecular formula is C52H90O8S2. The van der Waals surface area contributed by atoms with Gasteiger partial charge in [0.2, 0.25) is 0 Å². The van der Waals surface area contributed by atoms with Crippen LogP contribution in [0.1, 0.15) is 263 Å². The minimum Gasteiger partial charge on any atom is -0.481 e. The summed E-state index contributed by atoms with van der Waals surface area (Å²) in [5.41, 5.74) is 1.61. The van der Waals surface area contributed by atoms with Gasteiger partial charge in [0.25, 0.3) is 0 Å². The molecule has 0 bridgehead atoms. The van der Waals surface area contributed by atoms with E-state index in [1.54, 1.807) is 0 Å². The highest BCUT2D eigenvalue weighted by molar-refractivity contribution is 7.99. The molecule has 0 spiro atoms. The summed E-state index contributed by atoms with van der Waals surface area (Å²) in [5.74, 6) is 0.611. The Hall–Kier alpha value is -2.20. The molecule has 0 saturated carbocycles. The first kappa shape index (κ1) is 57.8. The Morgan fingerprint density at radius 3 is 0.935 bits per heavy atom. The minimum atomic E-state index is -1.17. The lowest BCUT2D eigenvalue weighted by Crippen LogP contribution is -2.14. The first-order valence-electron chi connectivity index (χ1n) is 25.4. The van der Waals surface area contributed by atoms with Gasteiger partial charge in [0.15, 0.2) is 0 Å². The van der Waals surface area contributed by atoms with Crippen molar-refractivity contribution < 1.29 is 39.6 Å². The van der Waals surface area contributed by atoms with Gasteiger partial charge in [-0.1, -0.05) is 186 Å². The molecule has 8 nitrogen and oxygen atoms in total. The monoisotopic (exact) mass is 907 g/mol. The van der Waals surface area contributed by atoms with Crippen molar-refractivity contribution in [3.05, 3.63) is 34.4 Å². The first-order valence-corrected chi connectivity index (χ1v) is 27.7. The fourth-order valence-corrected chi connectivity index (χ4v) is 10.4. The lowest BCUT2D eigenvalue weighted by atomic mass is 9.91. The Morgan fingerprint density at radius 1 is 0.339 bits per heavy atom. The highest BCUT2D eigenvalue weighted by atomic mass is 32.2. The maximum Gasteiger partial charge on any atom is 0.336 e. The third-order valence-corrected chi connectivity index (χ3v) is 14.5. The number of carboxylic acid groups (broad SMARTS) is 4. The number of rotatable bonds is 48. The van der Waals surface area contributed by atoms with Crippen LogP contribution in [0.3, 0.4) is 0 Å². The van der Waals surface area contributed by atoms with Gasteiger partial charge in [0.05, 0.1) is 11.1 Å². The quantitative estimate of drug-likeness (QED) is 0.0466. The molecule has 1 aromatic rings. The zero-order chi connectivity index (χ0) is 45.1. The maximum atomic E-state index is 12.3. The van der Waals surface area contributed by atoms with E-state index in [2.05, 4.69) is 0 Å². The number of hydrogen-bond donors (Lipinski definition) is 4. The number of carbonyl (C=O) groups is 4. The molecule has 0 heterocycles. The van der Waals surface area contributed by atoms with Crippen LogP contribution in [0, 0.1) is 0 Å². The minimum absolute atomic E-state index is 0.0133. The zero-order valence-corrected chi connectivity index (χ0v) is 40.7. The van der Waals surface area contributed by atoms with Crippen molar-refractivity contribution in [1.82, 2.24) is 0 Å². The fraction of sp³-hybridized carbons (Fsp3) is 0.808. The summed E-state index contributed by atoms with van der Waals surface area (Å²) in [4.78, 5) is 45.4. The van der Waals surface area contributed by atoms with Crippen LogP contribution in [0.5, 0.6) is 0 Å². The van der Waals surface area contributed by atoms with E-state index in [0.29, 0.717) is 19.3 Å². The van der Waals surface area contributed by atoms with Crippen LogP contribution >= 0.6 is 23.5 Å². The van der Waals surface area contributed by atoms with Crippen LogP contribution < -0.4 is 0 Å². The van der Waals surface area contributed by atoms with Crippen LogP contribution in [-0.2, 0) is 22.4 Å². The topological polar surface area (TPSA) is 149 Å². The number of thioether (sulfide) groups is 2. The molecule has 1 rings (SSSR count). The number of aromatic carboxylic acids is 2. The van der Waals surface area contributed by atoms with E-state index in [1.807, 2.05) is 29.6 Å². The highest BCUT2D eigenvalue weighted by Gasteiger charge is 2.22. The number of carboxylic acids is 4. The van der Waals surface area contributed by atoms with Gasteiger partial charge in [-0.15, -0.1) is 0 Å². The van der Waals surface area contributed by atoms with E-state index in [-0.39, 0.29) is 11.1 Å². The van der Waals surface area contributed by atoms with Gasteiger partial charge in [-0.05, 0) is 91.6 Å². The molecule has 0 fully saturated rings. The zero-order valence-electron chi connectivity index (χ0n) is 39.1. The molecule has 4 N–H and O–H groups in total. The maximum absolute atomic E-state index is 12.3. The predicted molar refractivity (Wildman–Crippen MR) is 264 cm³/mol. The van der Waals surface area contributed by atoms with Gasteiger partial charge in [0, 0.05) is 12.8 Å². The second kappa shape index (κ2) is 42.7. The fourth-order valence-electron chi connectivity index (χ4n) is 8.46. The van der Waals surface area contributed by atoms with Crippen molar-refractivity contribution in [2.75, 3.05) is 23.0 Å². The van der Waals surface area contributed by atoms with Crippen molar-refractivity contribution in [3.8, 4) is 0 Å². The molecule has 62 heavy (non-hydrogen) atoms. The van der Waals surface area contributed by atoms with Crippen molar-refractivity contribution in [1.29, 1.82) is 0 Å². The number of hydrogen-bond acceptors (Lipinski definition) is 6. The Balaban J connectivity index is 2.10. The largest absolute Gasteiger partial charge is 0.481 e. The van der Waals surface area contributed by atoms with E-state index in [1.165, 1.54) is 186 Å².